The molecule has 2 fully saturated rings. The summed E-state index contributed by atoms with van der Waals surface area (Å²) in [4.78, 5) is 28.8. The number of piperidine rings is 2. The second-order valence-electron chi connectivity index (χ2n) is 8.73. The summed E-state index contributed by atoms with van der Waals surface area (Å²) in [6, 6.07) is 20.5. The third kappa shape index (κ3) is 4.90. The van der Waals surface area contributed by atoms with E-state index in [0.29, 0.717) is 25.9 Å². The maximum Gasteiger partial charge on any atom is 0.407 e. The molecular formula is C25H31N3O3. The van der Waals surface area contributed by atoms with E-state index in [0.717, 1.165) is 38.0 Å². The third-order valence-corrected chi connectivity index (χ3v) is 6.82. The standard InChI is InChI=1S/C25H31N3O3/c29-23(26-22-11-15-27(16-12-22)19-20-7-3-1-4-8-20)25(21-9-5-2-6-10-21)13-17-28(18-14-25)24(30)31/h1-10,22H,11-19H2,(H,26,29)(H,30,31). The Kier molecular flexibility index (Phi) is 6.56. The van der Waals surface area contributed by atoms with Gasteiger partial charge in [-0.15, -0.1) is 0 Å². The van der Waals surface area contributed by atoms with Crippen LogP contribution in [0.5, 0.6) is 0 Å². The number of carbonyl (C=O) groups excluding carboxylic acids is 1. The van der Waals surface area contributed by atoms with Crippen molar-refractivity contribution in [1.29, 1.82) is 0 Å². The summed E-state index contributed by atoms with van der Waals surface area (Å²) in [5.41, 5.74) is 1.64. The Balaban J connectivity index is 1.39. The molecule has 2 saturated heterocycles. The number of nitrogens with zero attached hydrogens (tertiary/aromatic N) is 2. The van der Waals surface area contributed by atoms with Crippen LogP contribution in [0.1, 0.15) is 36.8 Å². The van der Waals surface area contributed by atoms with E-state index in [4.69, 9.17) is 0 Å². The van der Waals surface area contributed by atoms with Crippen LogP contribution in [0.3, 0.4) is 0 Å². The van der Waals surface area contributed by atoms with Crippen LogP contribution in [0, 0.1) is 0 Å². The van der Waals surface area contributed by atoms with Crippen LogP contribution in [-0.4, -0.2) is 59.1 Å². The maximum atomic E-state index is 13.5. The first-order valence-electron chi connectivity index (χ1n) is 11.2. The molecule has 2 aromatic rings. The Labute approximate surface area is 183 Å². The summed E-state index contributed by atoms with van der Waals surface area (Å²) >= 11 is 0. The highest BCUT2D eigenvalue weighted by Gasteiger charge is 2.44. The zero-order valence-electron chi connectivity index (χ0n) is 17.9. The van der Waals surface area contributed by atoms with E-state index in [-0.39, 0.29) is 11.9 Å². The fourth-order valence-corrected chi connectivity index (χ4v) is 4.88. The molecule has 31 heavy (non-hydrogen) atoms. The molecule has 0 spiro atoms. The molecular weight excluding hydrogens is 390 g/mol. The Morgan fingerprint density at radius 3 is 2.06 bits per heavy atom. The summed E-state index contributed by atoms with van der Waals surface area (Å²) in [5, 5.41) is 12.7. The van der Waals surface area contributed by atoms with E-state index in [1.54, 1.807) is 0 Å². The lowest BCUT2D eigenvalue weighted by Crippen LogP contribution is -2.55. The molecule has 4 rings (SSSR count). The number of amides is 2. The van der Waals surface area contributed by atoms with Crippen LogP contribution in [-0.2, 0) is 16.8 Å². The van der Waals surface area contributed by atoms with E-state index >= 15 is 0 Å². The zero-order chi connectivity index (χ0) is 21.7. The molecule has 0 bridgehead atoms. The number of nitrogens with one attached hydrogen (secondary N) is 1. The van der Waals surface area contributed by atoms with Crippen LogP contribution in [0.25, 0.3) is 0 Å². The van der Waals surface area contributed by atoms with Crippen molar-refractivity contribution in [3.8, 4) is 0 Å². The molecule has 2 aliphatic rings. The first-order valence-corrected chi connectivity index (χ1v) is 11.2. The molecule has 164 valence electrons. The number of carbonyl (C=O) groups is 2. The lowest BCUT2D eigenvalue weighted by Gasteiger charge is -2.41. The molecule has 2 aromatic carbocycles. The SMILES string of the molecule is O=C(O)N1CCC(C(=O)NC2CCN(Cc3ccccc3)CC2)(c2ccccc2)CC1. The normalized spacial score (nSPS) is 19.7. The average molecular weight is 422 g/mol. The van der Waals surface area contributed by atoms with Crippen LogP contribution in [0.4, 0.5) is 4.79 Å². The van der Waals surface area contributed by atoms with Gasteiger partial charge in [0.2, 0.25) is 5.91 Å². The summed E-state index contributed by atoms with van der Waals surface area (Å²) < 4.78 is 0. The van der Waals surface area contributed by atoms with Gasteiger partial charge in [0.05, 0.1) is 5.41 Å². The van der Waals surface area contributed by atoms with E-state index in [9.17, 15) is 14.7 Å². The van der Waals surface area contributed by atoms with Crippen LogP contribution < -0.4 is 5.32 Å². The highest BCUT2D eigenvalue weighted by atomic mass is 16.4. The highest BCUT2D eigenvalue weighted by molar-refractivity contribution is 5.89. The van der Waals surface area contributed by atoms with Gasteiger partial charge in [-0.1, -0.05) is 60.7 Å². The molecule has 2 amide bonds. The Morgan fingerprint density at radius 2 is 1.48 bits per heavy atom. The van der Waals surface area contributed by atoms with Gasteiger partial charge >= 0.3 is 6.09 Å². The summed E-state index contributed by atoms with van der Waals surface area (Å²) in [6.07, 6.45) is 1.99. The summed E-state index contributed by atoms with van der Waals surface area (Å²) in [6.45, 7) is 3.64. The molecule has 0 saturated carbocycles. The minimum atomic E-state index is -0.909. The fraction of sp³-hybridized carbons (Fsp3) is 0.440. The van der Waals surface area contributed by atoms with Crippen molar-refractivity contribution in [3.05, 3.63) is 71.8 Å². The molecule has 0 radical (unpaired) electrons. The lowest BCUT2D eigenvalue weighted by molar-refractivity contribution is -0.129. The van der Waals surface area contributed by atoms with Gasteiger partial charge in [-0.3, -0.25) is 9.69 Å². The molecule has 2 aliphatic heterocycles. The average Bonchev–Trinajstić information content (AvgIpc) is 2.81. The molecule has 6 nitrogen and oxygen atoms in total. The minimum Gasteiger partial charge on any atom is -0.465 e. The van der Waals surface area contributed by atoms with Gasteiger partial charge < -0.3 is 15.3 Å². The Bertz CT molecular complexity index is 871. The number of hydrogen-bond donors (Lipinski definition) is 2. The van der Waals surface area contributed by atoms with E-state index in [1.807, 2.05) is 36.4 Å². The van der Waals surface area contributed by atoms with Crippen molar-refractivity contribution in [1.82, 2.24) is 15.1 Å². The predicted molar refractivity (Wildman–Crippen MR) is 120 cm³/mol. The predicted octanol–water partition coefficient (Wildman–Crippen LogP) is 3.48. The first kappa shape index (κ1) is 21.4. The maximum absolute atomic E-state index is 13.5. The van der Waals surface area contributed by atoms with Gasteiger partial charge in [0.25, 0.3) is 0 Å². The van der Waals surface area contributed by atoms with E-state index < -0.39 is 11.5 Å². The Hall–Kier alpha value is -2.86. The number of benzene rings is 2. The minimum absolute atomic E-state index is 0.0465. The van der Waals surface area contributed by atoms with Crippen molar-refractivity contribution in [2.24, 2.45) is 0 Å². The van der Waals surface area contributed by atoms with Crippen LogP contribution in [0.2, 0.25) is 0 Å². The highest BCUT2D eigenvalue weighted by Crippen LogP contribution is 2.36. The number of hydrogen-bond acceptors (Lipinski definition) is 3. The largest absolute Gasteiger partial charge is 0.465 e. The summed E-state index contributed by atoms with van der Waals surface area (Å²) in [7, 11) is 0. The lowest BCUT2D eigenvalue weighted by atomic mass is 9.71. The fourth-order valence-electron chi connectivity index (χ4n) is 4.88. The quantitative estimate of drug-likeness (QED) is 0.775. The first-order chi connectivity index (χ1) is 15.1. The van der Waals surface area contributed by atoms with E-state index in [2.05, 4.69) is 34.5 Å². The van der Waals surface area contributed by atoms with Crippen molar-refractivity contribution in [2.45, 2.75) is 43.7 Å². The smallest absolute Gasteiger partial charge is 0.407 e. The third-order valence-electron chi connectivity index (χ3n) is 6.82. The topological polar surface area (TPSA) is 72.9 Å². The van der Waals surface area contributed by atoms with Gasteiger partial charge in [-0.25, -0.2) is 4.79 Å². The van der Waals surface area contributed by atoms with Crippen LogP contribution >= 0.6 is 0 Å². The summed E-state index contributed by atoms with van der Waals surface area (Å²) in [5.74, 6) is 0.0465. The van der Waals surface area contributed by atoms with Gasteiger partial charge in [0.1, 0.15) is 0 Å². The number of rotatable bonds is 5. The van der Waals surface area contributed by atoms with Crippen molar-refractivity contribution in [2.75, 3.05) is 26.2 Å². The van der Waals surface area contributed by atoms with Crippen LogP contribution in [0.15, 0.2) is 60.7 Å². The van der Waals surface area contributed by atoms with Gasteiger partial charge in [0, 0.05) is 38.8 Å². The molecule has 2 N–H and O–H groups in total. The van der Waals surface area contributed by atoms with Gasteiger partial charge in [0.15, 0.2) is 0 Å². The zero-order valence-corrected chi connectivity index (χ0v) is 17.9. The van der Waals surface area contributed by atoms with Crippen molar-refractivity contribution >= 4 is 12.0 Å². The number of likely N-dealkylation sites (tertiary alicyclic amines) is 2. The molecule has 6 heteroatoms. The molecule has 2 heterocycles. The van der Waals surface area contributed by atoms with E-state index in [1.165, 1.54) is 10.5 Å². The molecule has 0 unspecified atom stereocenters. The number of carboxylic acid groups (broad SMARTS) is 1. The molecule has 0 aliphatic carbocycles. The monoisotopic (exact) mass is 421 g/mol. The molecule has 0 aromatic heterocycles. The van der Waals surface area contributed by atoms with Crippen molar-refractivity contribution in [3.63, 3.8) is 0 Å². The second-order valence-corrected chi connectivity index (χ2v) is 8.73. The second kappa shape index (κ2) is 9.52. The van der Waals surface area contributed by atoms with Gasteiger partial charge in [-0.05, 0) is 36.8 Å². The Morgan fingerprint density at radius 1 is 0.903 bits per heavy atom. The van der Waals surface area contributed by atoms with Crippen molar-refractivity contribution < 1.29 is 14.7 Å². The molecule has 0 atom stereocenters. The van der Waals surface area contributed by atoms with Gasteiger partial charge in [-0.2, -0.15) is 0 Å².